The predicted octanol–water partition coefficient (Wildman–Crippen LogP) is 3.73. The SMILES string of the molecule is CC(C)(O)CCC[C@](C)(O[C@@H]1OC(CO)[C@@H](O)[C@H](O)C1O)C1CC[C@]2(C)C1C(=O)CC1[C@@]3(C)CC[C@H](O)C(C)(C)C3CC[C@]12C. The zero-order valence-electron chi connectivity index (χ0n) is 29.0. The number of rotatable bonds is 8. The summed E-state index contributed by atoms with van der Waals surface area (Å²) in [6.45, 7) is 16.5. The van der Waals surface area contributed by atoms with Gasteiger partial charge in [-0.2, -0.15) is 0 Å². The molecule has 0 aromatic rings. The predicted molar refractivity (Wildman–Crippen MR) is 169 cm³/mol. The maximum absolute atomic E-state index is 14.6. The van der Waals surface area contributed by atoms with Crippen molar-refractivity contribution in [2.24, 2.45) is 45.3 Å². The summed E-state index contributed by atoms with van der Waals surface area (Å²) in [5.41, 5.74) is -2.43. The molecule has 45 heavy (non-hydrogen) atoms. The van der Waals surface area contributed by atoms with Crippen LogP contribution in [0.25, 0.3) is 0 Å². The molecule has 5 aliphatic rings. The van der Waals surface area contributed by atoms with E-state index in [1.165, 1.54) is 0 Å². The molecular formula is C36H62O9. The van der Waals surface area contributed by atoms with Gasteiger partial charge in [-0.1, -0.05) is 34.6 Å². The van der Waals surface area contributed by atoms with Crippen LogP contribution in [0.3, 0.4) is 0 Å². The van der Waals surface area contributed by atoms with Crippen molar-refractivity contribution < 1.29 is 44.9 Å². The number of Topliss-reactive ketones (excluding diaryl/α,β-unsaturated/α-hetero) is 1. The fraction of sp³-hybridized carbons (Fsp3) is 0.972. The number of hydrogen-bond donors (Lipinski definition) is 6. The number of aliphatic hydroxyl groups is 6. The molecule has 0 amide bonds. The normalized spacial score (nSPS) is 49.5. The van der Waals surface area contributed by atoms with Crippen LogP contribution in [0.5, 0.6) is 0 Å². The number of carbonyl (C=O) groups excluding carboxylic acids is 1. The Hall–Kier alpha value is -0.650. The fourth-order valence-corrected chi connectivity index (χ4v) is 11.7. The molecule has 0 radical (unpaired) electrons. The van der Waals surface area contributed by atoms with Crippen molar-refractivity contribution in [3.05, 3.63) is 0 Å². The molecule has 6 unspecified atom stereocenters. The quantitative estimate of drug-likeness (QED) is 0.233. The molecule has 0 bridgehead atoms. The van der Waals surface area contributed by atoms with Gasteiger partial charge in [-0.05, 0) is 118 Å². The van der Waals surface area contributed by atoms with E-state index in [0.717, 1.165) is 38.5 Å². The summed E-state index contributed by atoms with van der Waals surface area (Å²) in [6.07, 6.45) is 0.190. The highest BCUT2D eigenvalue weighted by atomic mass is 16.7. The summed E-state index contributed by atoms with van der Waals surface area (Å²) in [7, 11) is 0. The molecule has 0 aromatic carbocycles. The van der Waals surface area contributed by atoms with E-state index < -0.39 is 48.5 Å². The number of carbonyl (C=O) groups is 1. The lowest BCUT2D eigenvalue weighted by Crippen LogP contribution is -2.66. The van der Waals surface area contributed by atoms with Crippen LogP contribution in [0.4, 0.5) is 0 Å². The fourth-order valence-electron chi connectivity index (χ4n) is 11.7. The number of fused-ring (bicyclic) bond motifs is 5. The van der Waals surface area contributed by atoms with Crippen LogP contribution in [0.2, 0.25) is 0 Å². The molecule has 1 heterocycles. The van der Waals surface area contributed by atoms with Crippen LogP contribution in [0.15, 0.2) is 0 Å². The topological polar surface area (TPSA) is 157 Å². The highest BCUT2D eigenvalue weighted by Crippen LogP contribution is 2.75. The van der Waals surface area contributed by atoms with E-state index in [9.17, 15) is 35.4 Å². The second-order valence-electron chi connectivity index (χ2n) is 17.9. The van der Waals surface area contributed by atoms with E-state index in [0.29, 0.717) is 31.6 Å². The maximum Gasteiger partial charge on any atom is 0.187 e. The van der Waals surface area contributed by atoms with Gasteiger partial charge < -0.3 is 40.1 Å². The van der Waals surface area contributed by atoms with Gasteiger partial charge in [0.15, 0.2) is 6.29 Å². The summed E-state index contributed by atoms with van der Waals surface area (Å²) in [6, 6.07) is 0. The Morgan fingerprint density at radius 3 is 2.11 bits per heavy atom. The van der Waals surface area contributed by atoms with E-state index in [2.05, 4.69) is 34.6 Å². The standard InChI is InChI=1S/C36H62O9/c1-31(2,43)13-9-14-36(8,45-30-29(42)28(41)27(40)22(19-37)44-30)20-10-16-35(7)26(20)21(38)18-24-33(5)15-12-25(39)32(3,4)23(33)11-17-34(24,35)6/h20,22-30,37,39-43H,9-19H2,1-8H3/t20?,22?,23?,24?,25-,26?,27+,28-,29?,30-,33-,34+,35+,36-/m0/s1. The van der Waals surface area contributed by atoms with E-state index in [1.54, 1.807) is 13.8 Å². The van der Waals surface area contributed by atoms with Gasteiger partial charge in [-0.25, -0.2) is 0 Å². The van der Waals surface area contributed by atoms with Crippen LogP contribution in [0.1, 0.15) is 120 Å². The molecule has 4 saturated carbocycles. The molecule has 14 atom stereocenters. The van der Waals surface area contributed by atoms with Crippen molar-refractivity contribution in [2.75, 3.05) is 6.61 Å². The highest BCUT2D eigenvalue weighted by Gasteiger charge is 2.72. The molecular weight excluding hydrogens is 576 g/mol. The van der Waals surface area contributed by atoms with E-state index in [-0.39, 0.29) is 51.3 Å². The van der Waals surface area contributed by atoms with Gasteiger partial charge in [-0.3, -0.25) is 4.79 Å². The van der Waals surface area contributed by atoms with Crippen molar-refractivity contribution in [2.45, 2.75) is 168 Å². The summed E-state index contributed by atoms with van der Waals surface area (Å²) in [4.78, 5) is 14.6. The van der Waals surface area contributed by atoms with Crippen LogP contribution in [0, 0.1) is 45.3 Å². The van der Waals surface area contributed by atoms with E-state index >= 15 is 0 Å². The van der Waals surface area contributed by atoms with Gasteiger partial charge in [0, 0.05) is 12.3 Å². The summed E-state index contributed by atoms with van der Waals surface area (Å²) >= 11 is 0. The average Bonchev–Trinajstić information content (AvgIpc) is 3.32. The summed E-state index contributed by atoms with van der Waals surface area (Å²) in [5, 5.41) is 63.2. The molecule has 1 saturated heterocycles. The minimum atomic E-state index is -1.56. The summed E-state index contributed by atoms with van der Waals surface area (Å²) in [5.74, 6) is 0.379. The first-order chi connectivity index (χ1) is 20.7. The molecule has 5 rings (SSSR count). The largest absolute Gasteiger partial charge is 0.394 e. The van der Waals surface area contributed by atoms with Gasteiger partial charge >= 0.3 is 0 Å². The highest BCUT2D eigenvalue weighted by molar-refractivity contribution is 5.84. The minimum Gasteiger partial charge on any atom is -0.394 e. The van der Waals surface area contributed by atoms with Crippen LogP contribution in [-0.2, 0) is 14.3 Å². The maximum atomic E-state index is 14.6. The van der Waals surface area contributed by atoms with Gasteiger partial charge in [0.25, 0.3) is 0 Å². The Balaban J connectivity index is 1.48. The monoisotopic (exact) mass is 638 g/mol. The van der Waals surface area contributed by atoms with Crippen molar-refractivity contribution in [3.63, 3.8) is 0 Å². The second kappa shape index (κ2) is 11.7. The molecule has 260 valence electrons. The lowest BCUT2D eigenvalue weighted by molar-refractivity contribution is -0.333. The van der Waals surface area contributed by atoms with Crippen molar-refractivity contribution in [1.29, 1.82) is 0 Å². The Labute approximate surface area is 270 Å². The number of ether oxygens (including phenoxy) is 2. The zero-order chi connectivity index (χ0) is 33.5. The molecule has 0 spiro atoms. The molecule has 4 aliphatic carbocycles. The zero-order valence-corrected chi connectivity index (χ0v) is 29.0. The first-order valence-electron chi connectivity index (χ1n) is 17.6. The smallest absolute Gasteiger partial charge is 0.187 e. The molecule has 6 N–H and O–H groups in total. The average molecular weight is 639 g/mol. The van der Waals surface area contributed by atoms with Gasteiger partial charge in [0.1, 0.15) is 30.2 Å². The van der Waals surface area contributed by atoms with Crippen LogP contribution < -0.4 is 0 Å². The lowest BCUT2D eigenvalue weighted by atomic mass is 9.35. The molecule has 0 aromatic heterocycles. The van der Waals surface area contributed by atoms with Crippen molar-refractivity contribution >= 4 is 5.78 Å². The molecule has 1 aliphatic heterocycles. The van der Waals surface area contributed by atoms with Crippen molar-refractivity contribution in [1.82, 2.24) is 0 Å². The van der Waals surface area contributed by atoms with Crippen molar-refractivity contribution in [3.8, 4) is 0 Å². The summed E-state index contributed by atoms with van der Waals surface area (Å²) < 4.78 is 12.5. The van der Waals surface area contributed by atoms with Crippen LogP contribution in [-0.4, -0.2) is 91.0 Å². The van der Waals surface area contributed by atoms with Crippen LogP contribution >= 0.6 is 0 Å². The number of aliphatic hydroxyl groups excluding tert-OH is 5. The van der Waals surface area contributed by atoms with Gasteiger partial charge in [0.05, 0.1) is 23.9 Å². The van der Waals surface area contributed by atoms with Gasteiger partial charge in [-0.15, -0.1) is 0 Å². The second-order valence-corrected chi connectivity index (χ2v) is 17.9. The first kappa shape index (κ1) is 35.7. The minimum absolute atomic E-state index is 0.0414. The van der Waals surface area contributed by atoms with E-state index in [1.807, 2.05) is 6.92 Å². The molecule has 9 heteroatoms. The Morgan fingerprint density at radius 1 is 0.844 bits per heavy atom. The first-order valence-corrected chi connectivity index (χ1v) is 17.6. The lowest BCUT2D eigenvalue weighted by Gasteiger charge is -2.69. The molecule has 9 nitrogen and oxygen atoms in total. The number of ketones is 1. The van der Waals surface area contributed by atoms with E-state index in [4.69, 9.17) is 9.47 Å². The Bertz CT molecular complexity index is 1100. The van der Waals surface area contributed by atoms with Gasteiger partial charge in [0.2, 0.25) is 0 Å². The Kier molecular flexibility index (Phi) is 9.31. The molecule has 5 fully saturated rings. The Morgan fingerprint density at radius 2 is 1.49 bits per heavy atom. The number of hydrogen-bond acceptors (Lipinski definition) is 9. The third kappa shape index (κ3) is 5.57. The third-order valence-corrected chi connectivity index (χ3v) is 14.6. The third-order valence-electron chi connectivity index (χ3n) is 14.6.